The highest BCUT2D eigenvalue weighted by atomic mass is 16.7. The minimum Gasteiger partial charge on any atom is -0.444 e. The van der Waals surface area contributed by atoms with Crippen LogP contribution >= 0.6 is 0 Å². The lowest BCUT2D eigenvalue weighted by molar-refractivity contribution is -0.0406. The zero-order valence-corrected chi connectivity index (χ0v) is 8.83. The number of carbonyl (C=O) groups excluding carboxylic acids is 1. The van der Waals surface area contributed by atoms with Gasteiger partial charge in [0.25, 0.3) is 0 Å². The van der Waals surface area contributed by atoms with Crippen LogP contribution in [0.4, 0.5) is 4.79 Å². The van der Waals surface area contributed by atoms with Crippen molar-refractivity contribution in [2.45, 2.75) is 32.7 Å². The predicted molar refractivity (Wildman–Crippen MR) is 49.9 cm³/mol. The summed E-state index contributed by atoms with van der Waals surface area (Å²) in [6.45, 7) is 6.94. The summed E-state index contributed by atoms with van der Waals surface area (Å²) in [6.07, 6.45) is -0.779. The van der Waals surface area contributed by atoms with Crippen molar-refractivity contribution in [3.05, 3.63) is 0 Å². The Morgan fingerprint density at radius 1 is 1.43 bits per heavy atom. The second-order valence-electron chi connectivity index (χ2n) is 4.05. The Balaban J connectivity index is 2.14. The molecule has 1 heterocycles. The predicted octanol–water partition coefficient (Wildman–Crippen LogP) is 0.884. The number of nitrogens with one attached hydrogen (secondary N) is 1. The second kappa shape index (κ2) is 4.61. The van der Waals surface area contributed by atoms with Gasteiger partial charge in [-0.2, -0.15) is 0 Å². The van der Waals surface area contributed by atoms with Crippen LogP contribution in [-0.4, -0.2) is 37.7 Å². The molecule has 5 nitrogen and oxygen atoms in total. The van der Waals surface area contributed by atoms with Crippen LogP contribution in [-0.2, 0) is 14.2 Å². The number of rotatable bonds is 2. The van der Waals surface area contributed by atoms with E-state index in [2.05, 4.69) is 5.32 Å². The molecule has 0 saturated carbocycles. The highest BCUT2D eigenvalue weighted by Gasteiger charge is 2.19. The first-order valence-corrected chi connectivity index (χ1v) is 4.67. The molecule has 0 aromatic heterocycles. The number of alkyl carbamates (subject to hydrolysis) is 1. The molecule has 1 aliphatic rings. The number of ether oxygens (including phenoxy) is 3. The van der Waals surface area contributed by atoms with E-state index in [-0.39, 0.29) is 6.29 Å². The molecule has 1 N–H and O–H groups in total. The summed E-state index contributed by atoms with van der Waals surface area (Å²) in [6, 6.07) is 0. The molecule has 1 saturated heterocycles. The van der Waals surface area contributed by atoms with Crippen LogP contribution in [0.5, 0.6) is 0 Å². The van der Waals surface area contributed by atoms with Crippen LogP contribution in [0.25, 0.3) is 0 Å². The van der Waals surface area contributed by atoms with Gasteiger partial charge in [-0.3, -0.25) is 0 Å². The van der Waals surface area contributed by atoms with E-state index in [4.69, 9.17) is 14.2 Å². The van der Waals surface area contributed by atoms with Crippen LogP contribution in [0, 0.1) is 0 Å². The third kappa shape index (κ3) is 4.43. The standard InChI is InChI=1S/C9H17NO4/c1-9(2,3)14-8(11)10-6-7-12-4-5-13-7/h7H,4-6H2,1-3H3,(H,10,11). The van der Waals surface area contributed by atoms with Crippen LogP contribution in [0.3, 0.4) is 0 Å². The fourth-order valence-corrected chi connectivity index (χ4v) is 1.01. The third-order valence-corrected chi connectivity index (χ3v) is 1.50. The van der Waals surface area contributed by atoms with Crippen molar-refractivity contribution in [3.8, 4) is 0 Å². The fraction of sp³-hybridized carbons (Fsp3) is 0.889. The summed E-state index contributed by atoms with van der Waals surface area (Å²) in [5, 5.41) is 2.57. The van der Waals surface area contributed by atoms with Crippen molar-refractivity contribution < 1.29 is 19.0 Å². The number of hydrogen-bond donors (Lipinski definition) is 1. The van der Waals surface area contributed by atoms with Gasteiger partial charge in [-0.25, -0.2) is 4.79 Å². The first-order valence-electron chi connectivity index (χ1n) is 4.67. The maximum Gasteiger partial charge on any atom is 0.407 e. The number of amides is 1. The molecule has 0 aromatic carbocycles. The molecule has 5 heteroatoms. The molecule has 14 heavy (non-hydrogen) atoms. The Kier molecular flexibility index (Phi) is 3.71. The highest BCUT2D eigenvalue weighted by molar-refractivity contribution is 5.67. The van der Waals surface area contributed by atoms with E-state index < -0.39 is 11.7 Å². The van der Waals surface area contributed by atoms with Gasteiger partial charge in [0.1, 0.15) is 5.60 Å². The van der Waals surface area contributed by atoms with Crippen LogP contribution in [0.1, 0.15) is 20.8 Å². The van der Waals surface area contributed by atoms with Gasteiger partial charge < -0.3 is 19.5 Å². The van der Waals surface area contributed by atoms with Gasteiger partial charge in [-0.05, 0) is 20.8 Å². The van der Waals surface area contributed by atoms with E-state index in [0.717, 1.165) is 0 Å². The first kappa shape index (κ1) is 11.3. The molecule has 0 bridgehead atoms. The summed E-state index contributed by atoms with van der Waals surface area (Å²) in [4.78, 5) is 11.2. The van der Waals surface area contributed by atoms with Gasteiger partial charge >= 0.3 is 6.09 Å². The molecule has 82 valence electrons. The summed E-state index contributed by atoms with van der Waals surface area (Å²) in [5.41, 5.74) is -0.471. The van der Waals surface area contributed by atoms with Crippen molar-refractivity contribution in [1.29, 1.82) is 0 Å². The lowest BCUT2D eigenvalue weighted by Gasteiger charge is -2.20. The SMILES string of the molecule is CC(C)(C)OC(=O)NCC1OCCO1. The third-order valence-electron chi connectivity index (χ3n) is 1.50. The van der Waals surface area contributed by atoms with Crippen molar-refractivity contribution >= 4 is 6.09 Å². The Hall–Kier alpha value is -0.810. The normalized spacial score (nSPS) is 18.2. The summed E-state index contributed by atoms with van der Waals surface area (Å²) in [7, 11) is 0. The molecular weight excluding hydrogens is 186 g/mol. The molecule has 0 unspecified atom stereocenters. The number of hydrogen-bond acceptors (Lipinski definition) is 4. The molecule has 1 fully saturated rings. The molecule has 1 aliphatic heterocycles. The Morgan fingerprint density at radius 2 is 2.00 bits per heavy atom. The van der Waals surface area contributed by atoms with Crippen LogP contribution in [0.15, 0.2) is 0 Å². The van der Waals surface area contributed by atoms with Crippen molar-refractivity contribution in [3.63, 3.8) is 0 Å². The molecule has 0 aliphatic carbocycles. The van der Waals surface area contributed by atoms with Gasteiger partial charge in [0.2, 0.25) is 0 Å². The minimum absolute atomic E-state index is 0.328. The molecule has 0 aromatic rings. The Bertz CT molecular complexity index is 193. The smallest absolute Gasteiger partial charge is 0.407 e. The van der Waals surface area contributed by atoms with Gasteiger partial charge in [0.15, 0.2) is 6.29 Å². The second-order valence-corrected chi connectivity index (χ2v) is 4.05. The van der Waals surface area contributed by atoms with Crippen LogP contribution in [0.2, 0.25) is 0 Å². The van der Waals surface area contributed by atoms with Gasteiger partial charge in [0, 0.05) is 0 Å². The molecular formula is C9H17NO4. The number of carbonyl (C=O) groups is 1. The maximum atomic E-state index is 11.2. The molecule has 0 atom stereocenters. The average molecular weight is 203 g/mol. The summed E-state index contributed by atoms with van der Waals surface area (Å²) >= 11 is 0. The van der Waals surface area contributed by atoms with Gasteiger partial charge in [-0.15, -0.1) is 0 Å². The minimum atomic E-state index is -0.471. The Labute approximate surface area is 83.7 Å². The topological polar surface area (TPSA) is 56.8 Å². The molecule has 1 rings (SSSR count). The molecule has 0 spiro atoms. The first-order chi connectivity index (χ1) is 6.47. The van der Waals surface area contributed by atoms with E-state index in [1.54, 1.807) is 0 Å². The molecule has 1 amide bonds. The quantitative estimate of drug-likeness (QED) is 0.724. The maximum absolute atomic E-state index is 11.2. The Morgan fingerprint density at radius 3 is 2.50 bits per heavy atom. The lowest BCUT2D eigenvalue weighted by atomic mass is 10.2. The summed E-state index contributed by atoms with van der Waals surface area (Å²) < 4.78 is 15.3. The van der Waals surface area contributed by atoms with Crippen molar-refractivity contribution in [2.24, 2.45) is 0 Å². The van der Waals surface area contributed by atoms with Gasteiger partial charge in [-0.1, -0.05) is 0 Å². The lowest BCUT2D eigenvalue weighted by Crippen LogP contribution is -2.37. The van der Waals surface area contributed by atoms with E-state index in [0.29, 0.717) is 19.8 Å². The zero-order valence-electron chi connectivity index (χ0n) is 8.83. The van der Waals surface area contributed by atoms with Crippen molar-refractivity contribution in [2.75, 3.05) is 19.8 Å². The largest absolute Gasteiger partial charge is 0.444 e. The molecule has 0 radical (unpaired) electrons. The van der Waals surface area contributed by atoms with Gasteiger partial charge in [0.05, 0.1) is 19.8 Å². The monoisotopic (exact) mass is 203 g/mol. The van der Waals surface area contributed by atoms with Crippen molar-refractivity contribution in [1.82, 2.24) is 5.32 Å². The van der Waals surface area contributed by atoms with E-state index in [9.17, 15) is 4.79 Å². The zero-order chi connectivity index (χ0) is 10.6. The van der Waals surface area contributed by atoms with Crippen LogP contribution < -0.4 is 5.32 Å². The summed E-state index contributed by atoms with van der Waals surface area (Å²) in [5.74, 6) is 0. The average Bonchev–Trinajstić information content (AvgIpc) is 2.49. The van der Waals surface area contributed by atoms with E-state index in [1.165, 1.54) is 0 Å². The van der Waals surface area contributed by atoms with E-state index in [1.807, 2.05) is 20.8 Å². The fourth-order valence-electron chi connectivity index (χ4n) is 1.01. The highest BCUT2D eigenvalue weighted by Crippen LogP contribution is 2.07. The van der Waals surface area contributed by atoms with E-state index >= 15 is 0 Å².